The number of aromatic nitrogens is 3. The smallest absolute Gasteiger partial charge is 0.254 e. The highest BCUT2D eigenvalue weighted by Gasteiger charge is 2.26. The van der Waals surface area contributed by atoms with Crippen LogP contribution in [-0.4, -0.2) is 52.3 Å². The number of carbonyl (C=O) groups is 1. The molecule has 1 aliphatic heterocycles. The zero-order valence-corrected chi connectivity index (χ0v) is 19.0. The molecule has 0 aliphatic carbocycles. The second kappa shape index (κ2) is 10.8. The summed E-state index contributed by atoms with van der Waals surface area (Å²) in [5, 5.41) is 8.53. The van der Waals surface area contributed by atoms with Gasteiger partial charge in [0.1, 0.15) is 0 Å². The first-order valence-electron chi connectivity index (χ1n) is 10.1. The minimum Gasteiger partial charge on any atom is -0.339 e. The summed E-state index contributed by atoms with van der Waals surface area (Å²) in [6.45, 7) is 5.38. The second-order valence-corrected chi connectivity index (χ2v) is 7.41. The lowest BCUT2D eigenvalue weighted by Gasteiger charge is -2.32. The monoisotopic (exact) mass is 449 g/mol. The predicted molar refractivity (Wildman–Crippen MR) is 126 cm³/mol. The largest absolute Gasteiger partial charge is 0.339 e. The number of halogens is 2. The summed E-state index contributed by atoms with van der Waals surface area (Å²) in [5.41, 5.74) is 3.31. The molecular weight excluding hydrogens is 421 g/mol. The van der Waals surface area contributed by atoms with Gasteiger partial charge in [-0.25, -0.2) is 9.67 Å². The molecule has 30 heavy (non-hydrogen) atoms. The summed E-state index contributed by atoms with van der Waals surface area (Å²) in [4.78, 5) is 20.2. The number of nitrogens with zero attached hydrogens (tertiary/aromatic N) is 4. The van der Waals surface area contributed by atoms with E-state index in [1.165, 1.54) is 0 Å². The minimum atomic E-state index is 0. The molecule has 0 unspecified atom stereocenters. The lowest BCUT2D eigenvalue weighted by Crippen LogP contribution is -2.40. The Labute approximate surface area is 189 Å². The third kappa shape index (κ3) is 4.77. The van der Waals surface area contributed by atoms with Crippen molar-refractivity contribution in [1.29, 1.82) is 0 Å². The summed E-state index contributed by atoms with van der Waals surface area (Å²) in [6, 6.07) is 12.0. The van der Waals surface area contributed by atoms with Crippen LogP contribution in [0.25, 0.3) is 22.3 Å². The van der Waals surface area contributed by atoms with Gasteiger partial charge in [0, 0.05) is 25.2 Å². The van der Waals surface area contributed by atoms with Crippen molar-refractivity contribution in [2.45, 2.75) is 26.3 Å². The number of fused-ring (bicyclic) bond motifs is 1. The molecule has 0 saturated carbocycles. The van der Waals surface area contributed by atoms with E-state index in [1.54, 1.807) is 6.20 Å². The van der Waals surface area contributed by atoms with Gasteiger partial charge in [-0.15, -0.1) is 24.8 Å². The van der Waals surface area contributed by atoms with Crippen LogP contribution in [0.2, 0.25) is 0 Å². The summed E-state index contributed by atoms with van der Waals surface area (Å²) < 4.78 is 1.86. The van der Waals surface area contributed by atoms with E-state index in [2.05, 4.69) is 10.4 Å². The number of carbonyl (C=O) groups excluding carboxylic acids is 1. The Morgan fingerprint density at radius 3 is 2.50 bits per heavy atom. The Bertz CT molecular complexity index is 968. The third-order valence-corrected chi connectivity index (χ3v) is 5.60. The summed E-state index contributed by atoms with van der Waals surface area (Å²) in [7, 11) is 1.99. The molecular formula is C22H29Cl2N5O. The van der Waals surface area contributed by atoms with Crippen molar-refractivity contribution in [3.63, 3.8) is 0 Å². The highest BCUT2D eigenvalue weighted by Crippen LogP contribution is 2.27. The molecule has 1 aliphatic rings. The van der Waals surface area contributed by atoms with Gasteiger partial charge in [-0.2, -0.15) is 5.10 Å². The second-order valence-electron chi connectivity index (χ2n) is 7.41. The minimum absolute atomic E-state index is 0. The highest BCUT2D eigenvalue weighted by atomic mass is 35.5. The van der Waals surface area contributed by atoms with Gasteiger partial charge in [0.25, 0.3) is 5.91 Å². The molecule has 8 heteroatoms. The van der Waals surface area contributed by atoms with Crippen LogP contribution < -0.4 is 5.32 Å². The summed E-state index contributed by atoms with van der Waals surface area (Å²) in [5.74, 6) is 0.734. The zero-order valence-electron chi connectivity index (χ0n) is 17.4. The maximum absolute atomic E-state index is 13.4. The zero-order chi connectivity index (χ0) is 19.5. The molecule has 0 atom stereocenters. The highest BCUT2D eigenvalue weighted by molar-refractivity contribution is 6.06. The van der Waals surface area contributed by atoms with Crippen LogP contribution >= 0.6 is 24.8 Å². The van der Waals surface area contributed by atoms with Gasteiger partial charge in [0.2, 0.25) is 0 Å². The predicted octanol–water partition coefficient (Wildman–Crippen LogP) is 4.03. The van der Waals surface area contributed by atoms with Crippen LogP contribution in [0.5, 0.6) is 0 Å². The van der Waals surface area contributed by atoms with Gasteiger partial charge in [-0.1, -0.05) is 30.3 Å². The number of hydrogen-bond acceptors (Lipinski definition) is 4. The lowest BCUT2D eigenvalue weighted by molar-refractivity contribution is 0.0693. The third-order valence-electron chi connectivity index (χ3n) is 5.60. The van der Waals surface area contributed by atoms with Crippen LogP contribution in [0, 0.1) is 5.92 Å². The van der Waals surface area contributed by atoms with Crippen LogP contribution in [0.4, 0.5) is 0 Å². The van der Waals surface area contributed by atoms with Crippen LogP contribution in [0.15, 0.2) is 42.6 Å². The summed E-state index contributed by atoms with van der Waals surface area (Å²) in [6.07, 6.45) is 3.86. The van der Waals surface area contributed by atoms with Gasteiger partial charge in [0.15, 0.2) is 5.65 Å². The van der Waals surface area contributed by atoms with Gasteiger partial charge >= 0.3 is 0 Å². The van der Waals surface area contributed by atoms with E-state index in [0.29, 0.717) is 11.5 Å². The molecule has 1 fully saturated rings. The first-order chi connectivity index (χ1) is 13.7. The number of rotatable bonds is 5. The molecule has 3 heterocycles. The molecule has 1 amide bonds. The Morgan fingerprint density at radius 2 is 1.87 bits per heavy atom. The number of aryl methyl sites for hydroxylation is 1. The molecule has 2 aromatic heterocycles. The SMILES string of the molecule is CCn1ncc2c(C(=O)N3CCC(CNC)CC3)cc(-c3ccccc3)nc21.Cl.Cl. The molecule has 1 aromatic carbocycles. The fraction of sp³-hybridized carbons (Fsp3) is 0.409. The molecule has 6 nitrogen and oxygen atoms in total. The van der Waals surface area contributed by atoms with E-state index < -0.39 is 0 Å². The first kappa shape index (κ1) is 24.1. The number of nitrogens with one attached hydrogen (secondary N) is 1. The van der Waals surface area contributed by atoms with E-state index >= 15 is 0 Å². The van der Waals surface area contributed by atoms with Crippen molar-refractivity contribution in [2.24, 2.45) is 5.92 Å². The average Bonchev–Trinajstić information content (AvgIpc) is 3.17. The van der Waals surface area contributed by atoms with Crippen molar-refractivity contribution in [3.05, 3.63) is 48.2 Å². The first-order valence-corrected chi connectivity index (χ1v) is 10.1. The van der Waals surface area contributed by atoms with Crippen LogP contribution in [0.1, 0.15) is 30.1 Å². The number of benzene rings is 1. The molecule has 0 bridgehead atoms. The Balaban J connectivity index is 0.00000160. The number of pyridine rings is 1. The van der Waals surface area contributed by atoms with E-state index in [9.17, 15) is 4.79 Å². The molecule has 0 spiro atoms. The number of piperidine rings is 1. The lowest BCUT2D eigenvalue weighted by atomic mass is 9.96. The van der Waals surface area contributed by atoms with Crippen LogP contribution in [-0.2, 0) is 6.54 Å². The van der Waals surface area contributed by atoms with E-state index in [-0.39, 0.29) is 30.7 Å². The Morgan fingerprint density at radius 1 is 1.17 bits per heavy atom. The number of amides is 1. The van der Waals surface area contributed by atoms with Crippen molar-refractivity contribution in [2.75, 3.05) is 26.7 Å². The van der Waals surface area contributed by atoms with Gasteiger partial charge < -0.3 is 10.2 Å². The standard InChI is InChI=1S/C22H27N5O.2ClH/c1-3-27-21-19(15-24-27)18(13-20(25-21)17-7-5-4-6-8-17)22(28)26-11-9-16(10-12-26)14-23-2;;/h4-8,13,15-16,23H,3,9-12,14H2,1-2H3;2*1H. The fourth-order valence-corrected chi connectivity index (χ4v) is 4.01. The summed E-state index contributed by atoms with van der Waals surface area (Å²) >= 11 is 0. The van der Waals surface area contributed by atoms with E-state index in [0.717, 1.165) is 61.3 Å². The maximum Gasteiger partial charge on any atom is 0.254 e. The van der Waals surface area contributed by atoms with Crippen molar-refractivity contribution in [1.82, 2.24) is 25.0 Å². The van der Waals surface area contributed by atoms with Crippen molar-refractivity contribution >= 4 is 41.8 Å². The molecule has 1 saturated heterocycles. The Hall–Kier alpha value is -2.15. The average molecular weight is 450 g/mol. The molecule has 3 aromatic rings. The van der Waals surface area contributed by atoms with Crippen molar-refractivity contribution in [3.8, 4) is 11.3 Å². The topological polar surface area (TPSA) is 63.1 Å². The van der Waals surface area contributed by atoms with E-state index in [1.807, 2.05) is 60.0 Å². The van der Waals surface area contributed by atoms with Gasteiger partial charge in [0.05, 0.1) is 22.8 Å². The molecule has 1 N–H and O–H groups in total. The van der Waals surface area contributed by atoms with Crippen molar-refractivity contribution < 1.29 is 4.79 Å². The van der Waals surface area contributed by atoms with Gasteiger partial charge in [-0.05, 0) is 45.3 Å². The fourth-order valence-electron chi connectivity index (χ4n) is 4.01. The number of likely N-dealkylation sites (tertiary alicyclic amines) is 1. The molecule has 4 rings (SSSR count). The maximum atomic E-state index is 13.4. The number of hydrogen-bond donors (Lipinski definition) is 1. The Kier molecular flexibility index (Phi) is 8.65. The molecule has 162 valence electrons. The quantitative estimate of drug-likeness (QED) is 0.638. The normalized spacial score (nSPS) is 14.3. The van der Waals surface area contributed by atoms with Crippen LogP contribution in [0.3, 0.4) is 0 Å². The molecule has 0 radical (unpaired) electrons. The van der Waals surface area contributed by atoms with Gasteiger partial charge in [-0.3, -0.25) is 4.79 Å². The van der Waals surface area contributed by atoms with E-state index in [4.69, 9.17) is 4.98 Å².